The molecule has 0 bridgehead atoms. The molecule has 0 saturated heterocycles. The van der Waals surface area contributed by atoms with Crippen LogP contribution in [-0.4, -0.2) is 38.9 Å². The average molecular weight is 266 g/mol. The topological polar surface area (TPSA) is 61.8 Å². The number of rotatable bonds is 3. The molecule has 0 saturated carbocycles. The summed E-state index contributed by atoms with van der Waals surface area (Å²) in [6.45, 7) is 0. The summed E-state index contributed by atoms with van der Waals surface area (Å²) in [6.07, 6.45) is 7.84. The molecule has 0 N–H and O–H groups in total. The van der Waals surface area contributed by atoms with Crippen molar-refractivity contribution in [3.8, 4) is 0 Å². The van der Waals surface area contributed by atoms with E-state index in [2.05, 4.69) is 0 Å². The molecule has 0 spiro atoms. The van der Waals surface area contributed by atoms with Gasteiger partial charge in [0.05, 0.1) is 12.5 Å². The lowest BCUT2D eigenvalue weighted by molar-refractivity contribution is -0.245. The van der Waals surface area contributed by atoms with Gasteiger partial charge in [-0.05, 0) is 18.9 Å². The Labute approximate surface area is 112 Å². The predicted octanol–water partition coefficient (Wildman–Crippen LogP) is 1.24. The van der Waals surface area contributed by atoms with Gasteiger partial charge in [-0.25, -0.2) is 0 Å². The Hall–Kier alpha value is -1.46. The van der Waals surface area contributed by atoms with Crippen LogP contribution in [0.15, 0.2) is 24.3 Å². The first-order chi connectivity index (χ1) is 9.07. The van der Waals surface area contributed by atoms with E-state index >= 15 is 0 Å². The lowest BCUT2D eigenvalue weighted by Crippen LogP contribution is -2.60. The fourth-order valence-corrected chi connectivity index (χ4v) is 3.11. The summed E-state index contributed by atoms with van der Waals surface area (Å²) in [6, 6.07) is 0. The molecule has 0 amide bonds. The number of esters is 1. The molecule has 5 heteroatoms. The monoisotopic (exact) mass is 266 g/mol. The van der Waals surface area contributed by atoms with Crippen LogP contribution in [0.1, 0.15) is 12.8 Å². The van der Waals surface area contributed by atoms with Crippen molar-refractivity contribution < 1.29 is 23.8 Å². The lowest BCUT2D eigenvalue weighted by Gasteiger charge is -2.48. The highest BCUT2D eigenvalue weighted by molar-refractivity contribution is 6.00. The minimum atomic E-state index is -1.42. The SMILES string of the molecule is COC(=O)[C@@]12C=CC(=O)C(OC)(OC)[C@@H]1CC=CC2. The van der Waals surface area contributed by atoms with E-state index in [1.807, 2.05) is 12.2 Å². The number of fused-ring (bicyclic) bond motifs is 1. The number of hydrogen-bond donors (Lipinski definition) is 0. The summed E-state index contributed by atoms with van der Waals surface area (Å²) in [5.74, 6) is -2.50. The Balaban J connectivity index is 2.58. The zero-order valence-corrected chi connectivity index (χ0v) is 11.3. The van der Waals surface area contributed by atoms with Crippen molar-refractivity contribution in [2.75, 3.05) is 21.3 Å². The molecule has 2 aliphatic rings. The van der Waals surface area contributed by atoms with E-state index in [1.165, 1.54) is 27.4 Å². The highest BCUT2D eigenvalue weighted by Gasteiger charge is 2.60. The van der Waals surface area contributed by atoms with E-state index in [0.717, 1.165) is 0 Å². The lowest BCUT2D eigenvalue weighted by atomic mass is 9.61. The van der Waals surface area contributed by atoms with Crippen molar-refractivity contribution in [2.24, 2.45) is 11.3 Å². The fourth-order valence-electron chi connectivity index (χ4n) is 3.11. The van der Waals surface area contributed by atoms with Gasteiger partial charge >= 0.3 is 5.97 Å². The molecule has 2 aliphatic carbocycles. The van der Waals surface area contributed by atoms with E-state index < -0.39 is 17.1 Å². The second-order valence-corrected chi connectivity index (χ2v) is 4.77. The second-order valence-electron chi connectivity index (χ2n) is 4.77. The van der Waals surface area contributed by atoms with Gasteiger partial charge in [-0.3, -0.25) is 9.59 Å². The Morgan fingerprint density at radius 2 is 1.95 bits per heavy atom. The van der Waals surface area contributed by atoms with E-state index in [1.54, 1.807) is 6.08 Å². The van der Waals surface area contributed by atoms with Crippen LogP contribution in [0.4, 0.5) is 0 Å². The molecule has 104 valence electrons. The molecule has 0 heterocycles. The van der Waals surface area contributed by atoms with Crippen LogP contribution < -0.4 is 0 Å². The van der Waals surface area contributed by atoms with Gasteiger partial charge in [0.15, 0.2) is 0 Å². The van der Waals surface area contributed by atoms with Gasteiger partial charge in [0.1, 0.15) is 0 Å². The summed E-state index contributed by atoms with van der Waals surface area (Å²) in [7, 11) is 4.18. The van der Waals surface area contributed by atoms with Gasteiger partial charge in [-0.2, -0.15) is 0 Å². The predicted molar refractivity (Wildman–Crippen MR) is 67.2 cm³/mol. The molecule has 0 aromatic heterocycles. The Morgan fingerprint density at radius 1 is 1.26 bits per heavy atom. The molecule has 0 aromatic rings. The number of hydrogen-bond acceptors (Lipinski definition) is 5. The molecule has 5 nitrogen and oxygen atoms in total. The molecule has 2 atom stereocenters. The van der Waals surface area contributed by atoms with E-state index in [9.17, 15) is 9.59 Å². The van der Waals surface area contributed by atoms with Crippen LogP contribution >= 0.6 is 0 Å². The zero-order valence-electron chi connectivity index (χ0n) is 11.3. The second kappa shape index (κ2) is 4.90. The third kappa shape index (κ3) is 1.76. The smallest absolute Gasteiger partial charge is 0.316 e. The number of allylic oxidation sites excluding steroid dienone is 2. The van der Waals surface area contributed by atoms with Gasteiger partial charge in [0.25, 0.3) is 0 Å². The molecular formula is C14H18O5. The first kappa shape index (κ1) is 14.0. The molecule has 0 aromatic carbocycles. The van der Waals surface area contributed by atoms with Crippen molar-refractivity contribution in [3.63, 3.8) is 0 Å². The quantitative estimate of drug-likeness (QED) is 0.437. The number of ether oxygens (including phenoxy) is 3. The van der Waals surface area contributed by atoms with Crippen LogP contribution in [0.25, 0.3) is 0 Å². The minimum Gasteiger partial charge on any atom is -0.468 e. The maximum atomic E-state index is 12.2. The van der Waals surface area contributed by atoms with Crippen LogP contribution in [0.3, 0.4) is 0 Å². The first-order valence-corrected chi connectivity index (χ1v) is 6.15. The van der Waals surface area contributed by atoms with Crippen molar-refractivity contribution in [1.29, 1.82) is 0 Å². The normalized spacial score (nSPS) is 31.9. The third-order valence-corrected chi connectivity index (χ3v) is 4.12. The van der Waals surface area contributed by atoms with E-state index in [0.29, 0.717) is 12.8 Å². The maximum absolute atomic E-state index is 12.2. The van der Waals surface area contributed by atoms with Crippen molar-refractivity contribution >= 4 is 11.8 Å². The number of ketones is 1. The Morgan fingerprint density at radius 3 is 2.53 bits per heavy atom. The van der Waals surface area contributed by atoms with Crippen LogP contribution in [0.5, 0.6) is 0 Å². The summed E-state index contributed by atoms with van der Waals surface area (Å²) in [4.78, 5) is 24.4. The molecule has 0 unspecified atom stereocenters. The molecule has 0 radical (unpaired) electrons. The van der Waals surface area contributed by atoms with E-state index in [-0.39, 0.29) is 11.8 Å². The van der Waals surface area contributed by atoms with E-state index in [4.69, 9.17) is 14.2 Å². The number of carbonyl (C=O) groups is 2. The molecular weight excluding hydrogens is 248 g/mol. The molecule has 0 fully saturated rings. The highest BCUT2D eigenvalue weighted by Crippen LogP contribution is 2.50. The highest BCUT2D eigenvalue weighted by atomic mass is 16.7. The largest absolute Gasteiger partial charge is 0.468 e. The van der Waals surface area contributed by atoms with Crippen molar-refractivity contribution in [1.82, 2.24) is 0 Å². The van der Waals surface area contributed by atoms with Crippen molar-refractivity contribution in [2.45, 2.75) is 18.6 Å². The van der Waals surface area contributed by atoms with Crippen LogP contribution in [-0.2, 0) is 23.8 Å². The van der Waals surface area contributed by atoms with Gasteiger partial charge in [0, 0.05) is 20.1 Å². The summed E-state index contributed by atoms with van der Waals surface area (Å²) in [5, 5.41) is 0. The Bertz CT molecular complexity index is 447. The minimum absolute atomic E-state index is 0.280. The number of carbonyl (C=O) groups excluding carboxylic acids is 2. The third-order valence-electron chi connectivity index (χ3n) is 4.12. The summed E-state index contributed by atoms with van der Waals surface area (Å²) in [5.41, 5.74) is -0.899. The van der Waals surface area contributed by atoms with Gasteiger partial charge in [-0.15, -0.1) is 0 Å². The maximum Gasteiger partial charge on any atom is 0.316 e. The Kier molecular flexibility index (Phi) is 3.60. The fraction of sp³-hybridized carbons (Fsp3) is 0.571. The zero-order chi connectivity index (χ0) is 14.1. The van der Waals surface area contributed by atoms with Crippen LogP contribution in [0.2, 0.25) is 0 Å². The standard InChI is InChI=1S/C14H18O5/c1-17-12(16)13-8-5-4-6-10(13)14(18-2,19-3)11(15)7-9-13/h4-5,7,9-10H,6,8H2,1-3H3/t10-,13+/m1/s1. The first-order valence-electron chi connectivity index (χ1n) is 6.15. The molecule has 2 rings (SSSR count). The molecule has 19 heavy (non-hydrogen) atoms. The summed E-state index contributed by atoms with van der Waals surface area (Å²) >= 11 is 0. The van der Waals surface area contributed by atoms with Gasteiger partial charge in [-0.1, -0.05) is 18.2 Å². The van der Waals surface area contributed by atoms with Gasteiger partial charge in [0.2, 0.25) is 11.6 Å². The molecule has 0 aliphatic heterocycles. The van der Waals surface area contributed by atoms with Gasteiger partial charge < -0.3 is 14.2 Å². The average Bonchev–Trinajstić information content (AvgIpc) is 2.47. The van der Waals surface area contributed by atoms with Crippen LogP contribution in [0, 0.1) is 11.3 Å². The number of methoxy groups -OCH3 is 3. The summed E-state index contributed by atoms with van der Waals surface area (Å²) < 4.78 is 15.7. The van der Waals surface area contributed by atoms with Crippen molar-refractivity contribution in [3.05, 3.63) is 24.3 Å².